The van der Waals surface area contributed by atoms with E-state index in [1.807, 2.05) is 23.9 Å². The van der Waals surface area contributed by atoms with Crippen molar-refractivity contribution in [2.24, 2.45) is 7.05 Å². The molecule has 2 rings (SSSR count). The van der Waals surface area contributed by atoms with Crippen molar-refractivity contribution in [2.75, 3.05) is 13.2 Å². The van der Waals surface area contributed by atoms with Gasteiger partial charge in [0.15, 0.2) is 0 Å². The quantitative estimate of drug-likeness (QED) is 0.747. The molecule has 0 fully saturated rings. The van der Waals surface area contributed by atoms with Crippen molar-refractivity contribution in [2.45, 2.75) is 13.1 Å². The summed E-state index contributed by atoms with van der Waals surface area (Å²) in [7, 11) is 1.97. The number of aliphatic hydroxyl groups excluding tert-OH is 1. The Hall–Kier alpha value is -1.66. The molecule has 0 amide bonds. The first kappa shape index (κ1) is 11.8. The van der Waals surface area contributed by atoms with Crippen LogP contribution in [0.4, 0.5) is 0 Å². The van der Waals surface area contributed by atoms with Crippen LogP contribution in [0.25, 0.3) is 0 Å². The molecule has 0 unspecified atom stereocenters. The molecule has 0 aliphatic rings. The molecule has 2 aromatic heterocycles. The first-order valence-electron chi connectivity index (χ1n) is 5.56. The van der Waals surface area contributed by atoms with E-state index >= 15 is 0 Å². The van der Waals surface area contributed by atoms with Gasteiger partial charge < -0.3 is 9.67 Å². The summed E-state index contributed by atoms with van der Waals surface area (Å²) in [5.41, 5.74) is 2.17. The highest BCUT2D eigenvalue weighted by Gasteiger charge is 2.09. The number of aliphatic hydroxyl groups is 1. The van der Waals surface area contributed by atoms with Crippen LogP contribution in [-0.4, -0.2) is 42.9 Å². The maximum atomic E-state index is 9.07. The van der Waals surface area contributed by atoms with Crippen LogP contribution in [0.2, 0.25) is 0 Å². The minimum atomic E-state index is 0.145. The monoisotopic (exact) mass is 235 g/mol. The molecule has 0 saturated heterocycles. The van der Waals surface area contributed by atoms with Crippen LogP contribution in [0.15, 0.2) is 24.8 Å². The molecule has 2 heterocycles. The normalized spacial score (nSPS) is 11.2. The van der Waals surface area contributed by atoms with Crippen molar-refractivity contribution in [3.63, 3.8) is 0 Å². The van der Waals surface area contributed by atoms with Gasteiger partial charge in [-0.2, -0.15) is 5.10 Å². The van der Waals surface area contributed by atoms with Gasteiger partial charge in [0.1, 0.15) is 0 Å². The summed E-state index contributed by atoms with van der Waals surface area (Å²) in [4.78, 5) is 6.23. The molecule has 6 heteroatoms. The van der Waals surface area contributed by atoms with Crippen molar-refractivity contribution in [3.8, 4) is 0 Å². The van der Waals surface area contributed by atoms with E-state index in [9.17, 15) is 0 Å². The van der Waals surface area contributed by atoms with Crippen LogP contribution in [0.3, 0.4) is 0 Å². The zero-order chi connectivity index (χ0) is 12.1. The lowest BCUT2D eigenvalue weighted by Crippen LogP contribution is -2.27. The number of H-pyrrole nitrogens is 1. The summed E-state index contributed by atoms with van der Waals surface area (Å²) in [5.74, 6) is 0. The second-order valence-corrected chi connectivity index (χ2v) is 4.01. The number of hydrogen-bond donors (Lipinski definition) is 2. The fraction of sp³-hybridized carbons (Fsp3) is 0.455. The van der Waals surface area contributed by atoms with E-state index in [2.05, 4.69) is 20.1 Å². The van der Waals surface area contributed by atoms with Crippen LogP contribution >= 0.6 is 0 Å². The van der Waals surface area contributed by atoms with Crippen LogP contribution < -0.4 is 0 Å². The lowest BCUT2D eigenvalue weighted by Gasteiger charge is -2.20. The van der Waals surface area contributed by atoms with Gasteiger partial charge in [0.25, 0.3) is 0 Å². The maximum Gasteiger partial charge on any atom is 0.0945 e. The summed E-state index contributed by atoms with van der Waals surface area (Å²) in [6.45, 7) is 2.28. The van der Waals surface area contributed by atoms with Gasteiger partial charge >= 0.3 is 0 Å². The predicted molar refractivity (Wildman–Crippen MR) is 63.0 cm³/mol. The second-order valence-electron chi connectivity index (χ2n) is 4.01. The Balaban J connectivity index is 2.00. The number of nitrogens with one attached hydrogen (secondary N) is 1. The number of rotatable bonds is 6. The maximum absolute atomic E-state index is 9.07. The molecular weight excluding hydrogens is 218 g/mol. The van der Waals surface area contributed by atoms with Gasteiger partial charge in [0, 0.05) is 44.8 Å². The fourth-order valence-electron chi connectivity index (χ4n) is 1.74. The summed E-state index contributed by atoms with van der Waals surface area (Å²) in [6, 6.07) is 1.94. The van der Waals surface area contributed by atoms with Gasteiger partial charge in [0.05, 0.1) is 18.6 Å². The van der Waals surface area contributed by atoms with Crippen LogP contribution in [0.1, 0.15) is 11.4 Å². The summed E-state index contributed by atoms with van der Waals surface area (Å²) in [6.07, 6.45) is 5.36. The van der Waals surface area contributed by atoms with Gasteiger partial charge in [-0.1, -0.05) is 0 Å². The summed E-state index contributed by atoms with van der Waals surface area (Å²) < 4.78 is 1.98. The summed E-state index contributed by atoms with van der Waals surface area (Å²) >= 11 is 0. The summed E-state index contributed by atoms with van der Waals surface area (Å²) in [5, 5.41) is 15.9. The van der Waals surface area contributed by atoms with Crippen molar-refractivity contribution in [1.82, 2.24) is 24.6 Å². The van der Waals surface area contributed by atoms with Crippen molar-refractivity contribution < 1.29 is 5.11 Å². The minimum Gasteiger partial charge on any atom is -0.395 e. The third-order valence-corrected chi connectivity index (χ3v) is 2.67. The molecule has 0 aromatic carbocycles. The van der Waals surface area contributed by atoms with E-state index in [-0.39, 0.29) is 6.61 Å². The number of aromatic nitrogens is 4. The number of hydrogen-bond acceptors (Lipinski definition) is 4. The second kappa shape index (κ2) is 5.60. The molecule has 0 aliphatic heterocycles. The average molecular weight is 235 g/mol. The van der Waals surface area contributed by atoms with Crippen molar-refractivity contribution in [1.29, 1.82) is 0 Å². The van der Waals surface area contributed by atoms with Gasteiger partial charge in [0.2, 0.25) is 0 Å². The van der Waals surface area contributed by atoms with Gasteiger partial charge in [-0.15, -0.1) is 0 Å². The first-order chi connectivity index (χ1) is 8.29. The molecule has 0 bridgehead atoms. The Labute approximate surface area is 99.9 Å². The molecule has 0 saturated carbocycles. The standard InChI is InChI=1S/C11H17N5O/c1-15-9-12-6-11(15)8-16(4-5-17)7-10-2-3-13-14-10/h2-3,6,9,17H,4-5,7-8H2,1H3,(H,13,14). The third kappa shape index (κ3) is 3.15. The Morgan fingerprint density at radius 3 is 2.94 bits per heavy atom. The zero-order valence-corrected chi connectivity index (χ0v) is 9.87. The van der Waals surface area contributed by atoms with Gasteiger partial charge in [-0.25, -0.2) is 4.98 Å². The van der Waals surface area contributed by atoms with E-state index in [4.69, 9.17) is 5.11 Å². The Bertz CT molecular complexity index is 436. The molecule has 17 heavy (non-hydrogen) atoms. The predicted octanol–water partition coefficient (Wildman–Crippen LogP) is 0.138. The van der Waals surface area contributed by atoms with E-state index in [1.54, 1.807) is 12.5 Å². The van der Waals surface area contributed by atoms with Crippen LogP contribution in [-0.2, 0) is 20.1 Å². The average Bonchev–Trinajstić information content (AvgIpc) is 2.92. The smallest absolute Gasteiger partial charge is 0.0945 e. The van der Waals surface area contributed by atoms with E-state index < -0.39 is 0 Å². The molecule has 0 atom stereocenters. The highest BCUT2D eigenvalue weighted by molar-refractivity contribution is 5.00. The number of nitrogens with zero attached hydrogens (tertiary/aromatic N) is 4. The van der Waals surface area contributed by atoms with Crippen molar-refractivity contribution in [3.05, 3.63) is 36.2 Å². The molecule has 0 radical (unpaired) electrons. The molecule has 6 nitrogen and oxygen atoms in total. The molecule has 0 spiro atoms. The topological polar surface area (TPSA) is 70.0 Å². The Kier molecular flexibility index (Phi) is 3.89. The van der Waals surface area contributed by atoms with E-state index in [1.165, 1.54) is 0 Å². The Morgan fingerprint density at radius 2 is 2.35 bits per heavy atom. The fourth-order valence-corrected chi connectivity index (χ4v) is 1.74. The molecule has 2 aromatic rings. The number of imidazole rings is 1. The van der Waals surface area contributed by atoms with Crippen LogP contribution in [0, 0.1) is 0 Å². The SMILES string of the molecule is Cn1cncc1CN(CCO)Cc1ccn[nH]1. The number of aromatic amines is 1. The highest BCUT2D eigenvalue weighted by atomic mass is 16.3. The first-order valence-corrected chi connectivity index (χ1v) is 5.56. The van der Waals surface area contributed by atoms with Crippen LogP contribution in [0.5, 0.6) is 0 Å². The lowest BCUT2D eigenvalue weighted by atomic mass is 10.3. The Morgan fingerprint density at radius 1 is 1.47 bits per heavy atom. The zero-order valence-electron chi connectivity index (χ0n) is 9.87. The minimum absolute atomic E-state index is 0.145. The number of aryl methyl sites for hydroxylation is 1. The van der Waals surface area contributed by atoms with E-state index in [0.717, 1.165) is 24.5 Å². The van der Waals surface area contributed by atoms with Gasteiger partial charge in [-0.3, -0.25) is 10.00 Å². The lowest BCUT2D eigenvalue weighted by molar-refractivity contribution is 0.180. The van der Waals surface area contributed by atoms with Gasteiger partial charge in [-0.05, 0) is 6.07 Å². The third-order valence-electron chi connectivity index (χ3n) is 2.67. The molecule has 92 valence electrons. The van der Waals surface area contributed by atoms with E-state index in [0.29, 0.717) is 6.54 Å². The molecule has 0 aliphatic carbocycles. The van der Waals surface area contributed by atoms with Crippen molar-refractivity contribution >= 4 is 0 Å². The molecular formula is C11H17N5O. The molecule has 2 N–H and O–H groups in total. The largest absolute Gasteiger partial charge is 0.395 e. The highest BCUT2D eigenvalue weighted by Crippen LogP contribution is 2.06.